The maximum Gasteiger partial charge on any atom is 0.170 e. The summed E-state index contributed by atoms with van der Waals surface area (Å²) in [4.78, 5) is 2.24. The van der Waals surface area contributed by atoms with Gasteiger partial charge in [-0.3, -0.25) is 0 Å². The first-order valence-electron chi connectivity index (χ1n) is 7.11. The van der Waals surface area contributed by atoms with Crippen molar-refractivity contribution in [1.82, 2.24) is 4.90 Å². The van der Waals surface area contributed by atoms with Crippen LogP contribution in [0, 0.1) is 0 Å². The average Bonchev–Trinajstić information content (AvgIpc) is 2.90. The molecule has 1 spiro atoms. The first-order valence-corrected chi connectivity index (χ1v) is 7.49. The van der Waals surface area contributed by atoms with Crippen LogP contribution in [-0.2, 0) is 9.47 Å². The molecular weight excluding hydrogens is 278 g/mol. The molecule has 4 nitrogen and oxygen atoms in total. The second-order valence-corrected chi connectivity index (χ2v) is 5.85. The van der Waals surface area contributed by atoms with E-state index in [9.17, 15) is 5.11 Å². The Bertz CT molecular complexity index is 452. The minimum atomic E-state index is -0.553. The molecule has 1 unspecified atom stereocenters. The molecule has 2 fully saturated rings. The molecule has 0 saturated carbocycles. The van der Waals surface area contributed by atoms with Crippen LogP contribution in [0.2, 0.25) is 5.02 Å². The summed E-state index contributed by atoms with van der Waals surface area (Å²) in [6.45, 7) is 3.74. The van der Waals surface area contributed by atoms with Gasteiger partial charge < -0.3 is 19.5 Å². The van der Waals surface area contributed by atoms with Gasteiger partial charge in [-0.15, -0.1) is 0 Å². The number of piperidine rings is 1. The van der Waals surface area contributed by atoms with Crippen LogP contribution in [0.15, 0.2) is 24.3 Å². The Kier molecular flexibility index (Phi) is 4.29. The van der Waals surface area contributed by atoms with Gasteiger partial charge in [-0.2, -0.15) is 0 Å². The lowest BCUT2D eigenvalue weighted by atomic mass is 10.0. The predicted molar refractivity (Wildman–Crippen MR) is 76.7 cm³/mol. The van der Waals surface area contributed by atoms with Crippen molar-refractivity contribution in [3.05, 3.63) is 34.9 Å². The molecule has 1 aromatic rings. The number of halogens is 1. The molecule has 20 heavy (non-hydrogen) atoms. The molecule has 2 heterocycles. The molecule has 0 bridgehead atoms. The molecule has 1 N–H and O–H groups in total. The predicted octanol–water partition coefficient (Wildman–Crippen LogP) is 2.21. The molecule has 2 saturated heterocycles. The van der Waals surface area contributed by atoms with E-state index < -0.39 is 6.10 Å². The molecule has 0 aliphatic carbocycles. The van der Waals surface area contributed by atoms with Crippen LogP contribution in [0.1, 0.15) is 24.5 Å². The van der Waals surface area contributed by atoms with E-state index in [2.05, 4.69) is 4.90 Å². The largest absolute Gasteiger partial charge is 0.387 e. The lowest BCUT2D eigenvalue weighted by Crippen LogP contribution is -2.46. The first kappa shape index (κ1) is 14.3. The SMILES string of the molecule is OC(CN1CCC2(CC1)OCCO2)c1ccccc1Cl. The quantitative estimate of drug-likeness (QED) is 0.929. The number of rotatable bonds is 3. The molecule has 1 aromatic carbocycles. The van der Waals surface area contributed by atoms with E-state index in [0.29, 0.717) is 24.8 Å². The summed E-state index contributed by atoms with van der Waals surface area (Å²) >= 11 is 6.12. The van der Waals surface area contributed by atoms with Crippen molar-refractivity contribution in [1.29, 1.82) is 0 Å². The molecule has 0 radical (unpaired) electrons. The monoisotopic (exact) mass is 297 g/mol. The number of nitrogens with zero attached hydrogens (tertiary/aromatic N) is 1. The van der Waals surface area contributed by atoms with Crippen molar-refractivity contribution >= 4 is 11.6 Å². The highest BCUT2D eigenvalue weighted by Gasteiger charge is 2.39. The van der Waals surface area contributed by atoms with E-state index in [4.69, 9.17) is 21.1 Å². The number of ether oxygens (including phenoxy) is 2. The van der Waals surface area contributed by atoms with Crippen LogP contribution >= 0.6 is 11.6 Å². The molecule has 0 aromatic heterocycles. The summed E-state index contributed by atoms with van der Waals surface area (Å²) in [6.07, 6.45) is 1.17. The Morgan fingerprint density at radius 2 is 1.85 bits per heavy atom. The maximum atomic E-state index is 10.3. The summed E-state index contributed by atoms with van der Waals surface area (Å²) in [5, 5.41) is 10.9. The molecule has 3 rings (SSSR count). The Balaban J connectivity index is 1.56. The minimum absolute atomic E-state index is 0.355. The number of hydrogen-bond acceptors (Lipinski definition) is 4. The summed E-state index contributed by atoms with van der Waals surface area (Å²) in [7, 11) is 0. The topological polar surface area (TPSA) is 41.9 Å². The summed E-state index contributed by atoms with van der Waals surface area (Å²) < 4.78 is 11.4. The van der Waals surface area contributed by atoms with Gasteiger partial charge in [-0.1, -0.05) is 29.8 Å². The van der Waals surface area contributed by atoms with Crippen molar-refractivity contribution < 1.29 is 14.6 Å². The van der Waals surface area contributed by atoms with Crippen molar-refractivity contribution in [2.45, 2.75) is 24.7 Å². The average molecular weight is 298 g/mol. The van der Waals surface area contributed by atoms with Gasteiger partial charge in [0, 0.05) is 43.1 Å². The second kappa shape index (κ2) is 6.00. The van der Waals surface area contributed by atoms with E-state index in [1.807, 2.05) is 24.3 Å². The number of aliphatic hydroxyl groups excluding tert-OH is 1. The molecule has 2 aliphatic heterocycles. The standard InChI is InChI=1S/C15H20ClNO3/c16-13-4-2-1-3-12(13)14(18)11-17-7-5-15(6-8-17)19-9-10-20-15/h1-4,14,18H,5-11H2. The fourth-order valence-electron chi connectivity index (χ4n) is 2.95. The van der Waals surface area contributed by atoms with Crippen LogP contribution in [0.25, 0.3) is 0 Å². The molecular formula is C15H20ClNO3. The van der Waals surface area contributed by atoms with Crippen molar-refractivity contribution in [2.24, 2.45) is 0 Å². The molecule has 2 aliphatic rings. The number of aliphatic hydroxyl groups is 1. The van der Waals surface area contributed by atoms with Crippen LogP contribution in [-0.4, -0.2) is 48.6 Å². The van der Waals surface area contributed by atoms with Crippen LogP contribution in [0.3, 0.4) is 0 Å². The summed E-state index contributed by atoms with van der Waals surface area (Å²) in [6, 6.07) is 7.46. The third kappa shape index (κ3) is 3.00. The van der Waals surface area contributed by atoms with E-state index in [0.717, 1.165) is 31.5 Å². The smallest absolute Gasteiger partial charge is 0.170 e. The van der Waals surface area contributed by atoms with E-state index in [-0.39, 0.29) is 5.79 Å². The third-order valence-corrected chi connectivity index (χ3v) is 4.47. The van der Waals surface area contributed by atoms with E-state index in [1.165, 1.54) is 0 Å². The zero-order valence-electron chi connectivity index (χ0n) is 11.4. The van der Waals surface area contributed by atoms with Gasteiger partial charge in [0.1, 0.15) is 0 Å². The molecule has 0 amide bonds. The zero-order chi connectivity index (χ0) is 14.0. The fraction of sp³-hybridized carbons (Fsp3) is 0.600. The van der Waals surface area contributed by atoms with Gasteiger partial charge in [0.05, 0.1) is 19.3 Å². The van der Waals surface area contributed by atoms with Gasteiger partial charge in [0.2, 0.25) is 0 Å². The molecule has 5 heteroatoms. The highest BCUT2D eigenvalue weighted by atomic mass is 35.5. The van der Waals surface area contributed by atoms with E-state index >= 15 is 0 Å². The highest BCUT2D eigenvalue weighted by molar-refractivity contribution is 6.31. The lowest BCUT2D eigenvalue weighted by Gasteiger charge is -2.38. The second-order valence-electron chi connectivity index (χ2n) is 5.45. The van der Waals surface area contributed by atoms with Gasteiger partial charge in [-0.25, -0.2) is 0 Å². The molecule has 1 atom stereocenters. The van der Waals surface area contributed by atoms with Crippen LogP contribution < -0.4 is 0 Å². The zero-order valence-corrected chi connectivity index (χ0v) is 12.2. The minimum Gasteiger partial charge on any atom is -0.387 e. The lowest BCUT2D eigenvalue weighted by molar-refractivity contribution is -0.186. The number of hydrogen-bond donors (Lipinski definition) is 1. The highest BCUT2D eigenvalue weighted by Crippen LogP contribution is 2.32. The molecule has 110 valence electrons. The third-order valence-electron chi connectivity index (χ3n) is 4.13. The summed E-state index contributed by atoms with van der Waals surface area (Å²) in [5.74, 6) is -0.355. The van der Waals surface area contributed by atoms with Crippen molar-refractivity contribution in [2.75, 3.05) is 32.8 Å². The first-order chi connectivity index (χ1) is 9.69. The number of β-amino-alcohol motifs (C(OH)–C–C–N with tert-alkyl or cyclic N) is 1. The Morgan fingerprint density at radius 1 is 1.20 bits per heavy atom. The van der Waals surface area contributed by atoms with Gasteiger partial charge in [0.15, 0.2) is 5.79 Å². The Labute approximate surface area is 124 Å². The maximum absolute atomic E-state index is 10.3. The Hall–Kier alpha value is -0.650. The van der Waals surface area contributed by atoms with Gasteiger partial charge in [-0.05, 0) is 6.07 Å². The van der Waals surface area contributed by atoms with Crippen molar-refractivity contribution in [3.63, 3.8) is 0 Å². The van der Waals surface area contributed by atoms with E-state index in [1.54, 1.807) is 0 Å². The fourth-order valence-corrected chi connectivity index (χ4v) is 3.21. The van der Waals surface area contributed by atoms with Crippen LogP contribution in [0.4, 0.5) is 0 Å². The summed E-state index contributed by atoms with van der Waals surface area (Å²) in [5.41, 5.74) is 0.794. The Morgan fingerprint density at radius 3 is 2.50 bits per heavy atom. The normalized spacial score (nSPS) is 24.1. The number of benzene rings is 1. The van der Waals surface area contributed by atoms with Crippen molar-refractivity contribution in [3.8, 4) is 0 Å². The van der Waals surface area contributed by atoms with Gasteiger partial charge >= 0.3 is 0 Å². The van der Waals surface area contributed by atoms with Gasteiger partial charge in [0.25, 0.3) is 0 Å². The number of likely N-dealkylation sites (tertiary alicyclic amines) is 1. The van der Waals surface area contributed by atoms with Crippen LogP contribution in [0.5, 0.6) is 0 Å².